The zero-order chi connectivity index (χ0) is 41.5. The third kappa shape index (κ3) is 13.3. The van der Waals surface area contributed by atoms with Crippen LogP contribution in [0.2, 0.25) is 0 Å². The van der Waals surface area contributed by atoms with Gasteiger partial charge in [0.1, 0.15) is 0 Å². The van der Waals surface area contributed by atoms with E-state index in [4.69, 9.17) is 35.0 Å². The number of hydrogen-bond donors (Lipinski definition) is 7. The van der Waals surface area contributed by atoms with Gasteiger partial charge in [0.2, 0.25) is 0 Å². The van der Waals surface area contributed by atoms with Crippen molar-refractivity contribution in [2.24, 2.45) is 5.73 Å². The first-order valence-corrected chi connectivity index (χ1v) is 16.4. The molecule has 2 unspecified atom stereocenters. The van der Waals surface area contributed by atoms with E-state index >= 15 is 0 Å². The number of benzene rings is 3. The Bertz CT molecular complexity index is 1870. The third-order valence-electron chi connectivity index (χ3n) is 7.44. The number of carboxylic acid groups (broad SMARTS) is 2. The molecule has 3 aromatic carbocycles. The Morgan fingerprint density at radius 1 is 0.855 bits per heavy atom. The lowest BCUT2D eigenvalue weighted by Gasteiger charge is -2.24. The van der Waals surface area contributed by atoms with Crippen LogP contribution in [0.4, 0.5) is 37.7 Å². The topological polar surface area (TPSA) is 214 Å². The Balaban J connectivity index is 0.000000633. The number of aliphatic hydroxyl groups is 2. The first-order chi connectivity index (χ1) is 25.8. The summed E-state index contributed by atoms with van der Waals surface area (Å²) in [6, 6.07) is 18.2. The summed E-state index contributed by atoms with van der Waals surface area (Å²) in [6.45, 7) is 6.94. The number of aromatic nitrogens is 1. The molecule has 1 aromatic heterocycles. The molecule has 0 bridgehead atoms. The highest BCUT2D eigenvalue weighted by atomic mass is 19.4. The number of alkyl halides is 6. The van der Waals surface area contributed by atoms with Gasteiger partial charge in [0.15, 0.2) is 11.5 Å². The van der Waals surface area contributed by atoms with Crippen molar-refractivity contribution in [2.75, 3.05) is 25.1 Å². The van der Waals surface area contributed by atoms with Crippen LogP contribution in [0, 0.1) is 0 Å². The molecule has 19 heteroatoms. The molecule has 0 aliphatic carbocycles. The highest BCUT2D eigenvalue weighted by Crippen LogP contribution is 2.38. The van der Waals surface area contributed by atoms with Gasteiger partial charge in [-0.3, -0.25) is 9.78 Å². The average molecular weight is 787 g/mol. The van der Waals surface area contributed by atoms with Crippen molar-refractivity contribution in [3.63, 3.8) is 0 Å². The fourth-order valence-electron chi connectivity index (χ4n) is 4.93. The Hall–Kier alpha value is -5.66. The summed E-state index contributed by atoms with van der Waals surface area (Å²) < 4.78 is 75.1. The average Bonchev–Trinajstić information content (AvgIpc) is 3.12. The lowest BCUT2D eigenvalue weighted by Crippen LogP contribution is -2.37. The van der Waals surface area contributed by atoms with Gasteiger partial charge in [-0.1, -0.05) is 49.4 Å². The number of rotatable bonds is 14. The maximum atomic E-state index is 12.5. The summed E-state index contributed by atoms with van der Waals surface area (Å²) in [5.74, 6) is -5.00. The molecule has 0 radical (unpaired) electrons. The van der Waals surface area contributed by atoms with E-state index in [1.54, 1.807) is 6.07 Å². The third-order valence-corrected chi connectivity index (χ3v) is 7.44. The van der Waals surface area contributed by atoms with E-state index in [-0.39, 0.29) is 12.2 Å². The number of ether oxygens (including phenoxy) is 2. The van der Waals surface area contributed by atoms with E-state index in [2.05, 4.69) is 15.6 Å². The summed E-state index contributed by atoms with van der Waals surface area (Å²) in [4.78, 5) is 34.7. The van der Waals surface area contributed by atoms with Crippen molar-refractivity contribution >= 4 is 40.1 Å². The molecular weight excluding hydrogens is 746 g/mol. The maximum absolute atomic E-state index is 12.5. The van der Waals surface area contributed by atoms with Crippen molar-refractivity contribution in [3.05, 3.63) is 89.1 Å². The Morgan fingerprint density at radius 3 is 1.87 bits per heavy atom. The summed E-state index contributed by atoms with van der Waals surface area (Å²) in [6.07, 6.45) is -8.87. The van der Waals surface area contributed by atoms with Gasteiger partial charge in [0.25, 0.3) is 5.91 Å². The molecule has 55 heavy (non-hydrogen) atoms. The fraction of sp³-hybridized carbons (Fsp3) is 0.333. The van der Waals surface area contributed by atoms with Gasteiger partial charge in [-0.2, -0.15) is 26.3 Å². The molecule has 0 aliphatic rings. The largest absolute Gasteiger partial charge is 0.490 e. The van der Waals surface area contributed by atoms with E-state index in [1.165, 1.54) is 6.20 Å². The summed E-state index contributed by atoms with van der Waals surface area (Å²) in [5.41, 5.74) is 10.7. The summed E-state index contributed by atoms with van der Waals surface area (Å²) in [7, 11) is 0. The van der Waals surface area contributed by atoms with Gasteiger partial charge in [-0.15, -0.1) is 0 Å². The Kier molecular flexibility index (Phi) is 17.1. The zero-order valence-corrected chi connectivity index (χ0v) is 29.7. The van der Waals surface area contributed by atoms with Crippen LogP contribution in [-0.4, -0.2) is 81.5 Å². The summed E-state index contributed by atoms with van der Waals surface area (Å²) in [5, 5.41) is 42.5. The molecule has 4 aromatic rings. The number of nitrogens with one attached hydrogen (secondary N) is 2. The molecule has 1 heterocycles. The predicted molar refractivity (Wildman–Crippen MR) is 188 cm³/mol. The van der Waals surface area contributed by atoms with Gasteiger partial charge in [0, 0.05) is 29.9 Å². The number of hydrogen-bond acceptors (Lipinski definition) is 10. The molecule has 300 valence electrons. The second-order valence-corrected chi connectivity index (χ2v) is 11.1. The number of amides is 1. The number of nitrogens with zero attached hydrogens (tertiary/aromatic N) is 1. The van der Waals surface area contributed by atoms with E-state index in [0.717, 1.165) is 22.4 Å². The van der Waals surface area contributed by atoms with Crippen LogP contribution in [0.5, 0.6) is 11.5 Å². The number of fused-ring (bicyclic) bond motifs is 1. The molecule has 0 saturated carbocycles. The molecule has 0 aliphatic heterocycles. The highest BCUT2D eigenvalue weighted by molar-refractivity contribution is 6.08. The lowest BCUT2D eigenvalue weighted by atomic mass is 9.99. The van der Waals surface area contributed by atoms with Crippen LogP contribution in [-0.2, 0) is 22.6 Å². The lowest BCUT2D eigenvalue weighted by molar-refractivity contribution is -0.193. The number of aliphatic carboxylic acids is 2. The first-order valence-electron chi connectivity index (χ1n) is 16.4. The van der Waals surface area contributed by atoms with Crippen LogP contribution in [0.25, 0.3) is 10.9 Å². The molecule has 13 nitrogen and oxygen atoms in total. The number of nitrogens with two attached hydrogens (primary N) is 1. The number of primary amides is 1. The van der Waals surface area contributed by atoms with E-state index in [9.17, 15) is 41.4 Å². The zero-order valence-electron chi connectivity index (χ0n) is 29.7. The van der Waals surface area contributed by atoms with E-state index < -0.39 is 42.3 Å². The minimum Gasteiger partial charge on any atom is -0.490 e. The first kappa shape index (κ1) is 45.5. The minimum atomic E-state index is -5.08. The summed E-state index contributed by atoms with van der Waals surface area (Å²) >= 11 is 0. The monoisotopic (exact) mass is 786 g/mol. The molecule has 8 N–H and O–H groups in total. The molecule has 2 atom stereocenters. The van der Waals surface area contributed by atoms with Crippen LogP contribution < -0.4 is 25.8 Å². The number of carbonyl (C=O) groups excluding carboxylic acids is 1. The quantitative estimate of drug-likeness (QED) is 0.0746. The standard InChI is InChI=1S/C32H38N4O5.2C2HF3O2/c1-4-22-21(17-34-27(19-37)31(38)20-11-8-7-9-12-20)13-10-14-25(22)36-30-23-15-28(40-5-2)29(41-6-3)16-26(23)35-18-24(30)32(33)39;2*3-2(4,5)1(6)7/h7-16,18,27,31,34,37-38H,4-6,17,19H2,1-3H3,(H2,33,39)(H,35,36);2*(H,6,7). The van der Waals surface area contributed by atoms with Crippen LogP contribution >= 0.6 is 0 Å². The van der Waals surface area contributed by atoms with Crippen LogP contribution in [0.3, 0.4) is 0 Å². The van der Waals surface area contributed by atoms with E-state index in [1.807, 2.05) is 75.4 Å². The molecule has 1 amide bonds. The van der Waals surface area contributed by atoms with Crippen molar-refractivity contribution in [3.8, 4) is 11.5 Å². The van der Waals surface area contributed by atoms with Crippen molar-refractivity contribution < 1.29 is 70.6 Å². The number of carbonyl (C=O) groups is 3. The number of carboxylic acids is 2. The van der Waals surface area contributed by atoms with Crippen molar-refractivity contribution in [2.45, 2.75) is 58.2 Å². The van der Waals surface area contributed by atoms with Gasteiger partial charge in [-0.05, 0) is 49.1 Å². The van der Waals surface area contributed by atoms with Crippen molar-refractivity contribution in [1.29, 1.82) is 0 Å². The Labute approximate surface area is 310 Å². The number of anilines is 2. The van der Waals surface area contributed by atoms with Gasteiger partial charge in [0.05, 0.1) is 48.7 Å². The second kappa shape index (κ2) is 20.7. The van der Waals surface area contributed by atoms with Gasteiger partial charge >= 0.3 is 24.3 Å². The van der Waals surface area contributed by atoms with E-state index in [0.29, 0.717) is 54.3 Å². The van der Waals surface area contributed by atoms with Gasteiger partial charge < -0.3 is 46.3 Å². The Morgan fingerprint density at radius 2 is 1.40 bits per heavy atom. The molecule has 0 saturated heterocycles. The molecule has 4 rings (SSSR count). The SMILES string of the molecule is CCOc1cc2ncc(C(N)=O)c(Nc3cccc(CNC(CO)C(O)c4ccccc4)c3CC)c2cc1OCC.O=C(O)C(F)(F)F.O=C(O)C(F)(F)F. The van der Waals surface area contributed by atoms with Gasteiger partial charge in [-0.25, -0.2) is 9.59 Å². The van der Waals surface area contributed by atoms with Crippen LogP contribution in [0.1, 0.15) is 53.9 Å². The molecular formula is C36H40F6N4O9. The second-order valence-electron chi connectivity index (χ2n) is 11.1. The normalized spacial score (nSPS) is 12.3. The smallest absolute Gasteiger partial charge is 0.490 e. The highest BCUT2D eigenvalue weighted by Gasteiger charge is 2.39. The van der Waals surface area contributed by atoms with Crippen molar-refractivity contribution in [1.82, 2.24) is 10.3 Å². The van der Waals surface area contributed by atoms with Crippen LogP contribution in [0.15, 0.2) is 66.9 Å². The predicted octanol–water partition coefficient (Wildman–Crippen LogP) is 5.89. The minimum absolute atomic E-state index is 0.230. The number of aliphatic hydroxyl groups excluding tert-OH is 2. The number of halogens is 6. The molecule has 0 spiro atoms. The fourth-order valence-corrected chi connectivity index (χ4v) is 4.93. The molecule has 0 fully saturated rings. The maximum Gasteiger partial charge on any atom is 0.490 e. The number of pyridine rings is 1.